The zero-order valence-electron chi connectivity index (χ0n) is 18.6. The normalized spacial score (nSPS) is 19.4. The zero-order valence-corrected chi connectivity index (χ0v) is 19.4. The third-order valence-corrected chi connectivity index (χ3v) is 6.60. The summed E-state index contributed by atoms with van der Waals surface area (Å²) in [5.74, 6) is 0.953. The molecule has 3 aromatic rings. The molecule has 2 aliphatic heterocycles. The van der Waals surface area contributed by atoms with Crippen LogP contribution < -0.4 is 20.1 Å². The quantitative estimate of drug-likeness (QED) is 0.477. The van der Waals surface area contributed by atoms with Gasteiger partial charge in [0.2, 0.25) is 5.91 Å². The average Bonchev–Trinajstić information content (AvgIpc) is 3.52. The summed E-state index contributed by atoms with van der Waals surface area (Å²) in [7, 11) is 0. The predicted octanol–water partition coefficient (Wildman–Crippen LogP) is 4.85. The van der Waals surface area contributed by atoms with Crippen molar-refractivity contribution >= 4 is 22.4 Å². The van der Waals surface area contributed by atoms with E-state index in [9.17, 15) is 9.18 Å². The van der Waals surface area contributed by atoms with Gasteiger partial charge in [-0.25, -0.2) is 9.37 Å². The van der Waals surface area contributed by atoms with E-state index >= 15 is 0 Å². The van der Waals surface area contributed by atoms with Crippen LogP contribution in [0.5, 0.6) is 17.2 Å². The molecule has 3 heterocycles. The van der Waals surface area contributed by atoms with Crippen LogP contribution in [-0.2, 0) is 16.0 Å². The molecular weight excluding hydrogens is 457 g/mol. The first kappa shape index (κ1) is 22.8. The van der Waals surface area contributed by atoms with Gasteiger partial charge >= 0.3 is 0 Å². The van der Waals surface area contributed by atoms with Gasteiger partial charge in [0.15, 0.2) is 16.6 Å². The van der Waals surface area contributed by atoms with Crippen LogP contribution in [0, 0.1) is 5.82 Å². The molecule has 1 fully saturated rings. The van der Waals surface area contributed by atoms with Crippen LogP contribution in [0.3, 0.4) is 0 Å². The maximum Gasteiger partial charge on any atom is 0.228 e. The van der Waals surface area contributed by atoms with Crippen molar-refractivity contribution in [3.8, 4) is 17.2 Å². The molecule has 0 radical (unpaired) electrons. The highest BCUT2D eigenvalue weighted by Crippen LogP contribution is 2.39. The molecule has 0 aliphatic carbocycles. The van der Waals surface area contributed by atoms with E-state index in [0.29, 0.717) is 29.0 Å². The molecule has 2 N–H and O–H groups in total. The van der Waals surface area contributed by atoms with Crippen molar-refractivity contribution in [1.82, 2.24) is 10.3 Å². The van der Waals surface area contributed by atoms with E-state index in [1.165, 1.54) is 23.5 Å². The lowest BCUT2D eigenvalue weighted by Gasteiger charge is -2.28. The molecule has 178 valence electrons. The molecule has 1 unspecified atom stereocenters. The number of hydrogen-bond acceptors (Lipinski definition) is 7. The highest BCUT2D eigenvalue weighted by molar-refractivity contribution is 7.13. The van der Waals surface area contributed by atoms with E-state index in [4.69, 9.17) is 14.2 Å². The van der Waals surface area contributed by atoms with Gasteiger partial charge in [-0.3, -0.25) is 4.79 Å². The van der Waals surface area contributed by atoms with E-state index in [-0.39, 0.29) is 30.3 Å². The van der Waals surface area contributed by atoms with Crippen molar-refractivity contribution in [1.29, 1.82) is 0 Å². The van der Waals surface area contributed by atoms with Crippen LogP contribution in [0.15, 0.2) is 48.0 Å². The van der Waals surface area contributed by atoms with Gasteiger partial charge in [0, 0.05) is 36.7 Å². The molecule has 5 rings (SSSR count). The number of fused-ring (bicyclic) bond motifs is 1. The van der Waals surface area contributed by atoms with Crippen LogP contribution in [-0.4, -0.2) is 36.8 Å². The first-order valence-corrected chi connectivity index (χ1v) is 12.3. The number of benzene rings is 2. The van der Waals surface area contributed by atoms with E-state index in [0.717, 1.165) is 43.5 Å². The Hall–Kier alpha value is -3.01. The number of hydrogen-bond donors (Lipinski definition) is 2. The van der Waals surface area contributed by atoms with Crippen LogP contribution >= 0.6 is 11.3 Å². The van der Waals surface area contributed by atoms with Crippen LogP contribution in [0.25, 0.3) is 0 Å². The fourth-order valence-corrected chi connectivity index (χ4v) is 4.83. The number of halogens is 1. The highest BCUT2D eigenvalue weighted by Gasteiger charge is 2.26. The monoisotopic (exact) mass is 483 g/mol. The smallest absolute Gasteiger partial charge is 0.228 e. The van der Waals surface area contributed by atoms with Gasteiger partial charge in [0.05, 0.1) is 6.10 Å². The Labute approximate surface area is 201 Å². The van der Waals surface area contributed by atoms with Crippen LogP contribution in [0.2, 0.25) is 0 Å². The summed E-state index contributed by atoms with van der Waals surface area (Å²) in [6, 6.07) is 9.69. The number of rotatable bonds is 8. The van der Waals surface area contributed by atoms with Crippen molar-refractivity contribution in [2.75, 3.05) is 25.1 Å². The number of thiazole rings is 1. The largest absolute Gasteiger partial charge is 0.487 e. The number of nitrogens with zero attached hydrogens (tertiary/aromatic N) is 1. The van der Waals surface area contributed by atoms with E-state index in [1.54, 1.807) is 18.3 Å². The minimum absolute atomic E-state index is 0.0574. The summed E-state index contributed by atoms with van der Waals surface area (Å²) in [5.41, 5.74) is 2.07. The molecule has 0 saturated carbocycles. The predicted molar refractivity (Wildman–Crippen MR) is 127 cm³/mol. The summed E-state index contributed by atoms with van der Waals surface area (Å²) < 4.78 is 31.7. The molecule has 1 amide bonds. The third-order valence-electron chi connectivity index (χ3n) is 5.91. The molecule has 2 atom stereocenters. The summed E-state index contributed by atoms with van der Waals surface area (Å²) >= 11 is 1.38. The molecule has 1 aromatic heterocycles. The minimum atomic E-state index is -0.379. The Balaban J connectivity index is 1.40. The van der Waals surface area contributed by atoms with Gasteiger partial charge in [-0.1, -0.05) is 6.07 Å². The Morgan fingerprint density at radius 2 is 2.24 bits per heavy atom. The first-order valence-electron chi connectivity index (χ1n) is 11.4. The lowest BCUT2D eigenvalue weighted by atomic mass is 9.91. The van der Waals surface area contributed by atoms with Gasteiger partial charge in [-0.05, 0) is 61.2 Å². The maximum atomic E-state index is 13.8. The number of ether oxygens (including phenoxy) is 3. The molecule has 2 aromatic carbocycles. The van der Waals surface area contributed by atoms with Crippen LogP contribution in [0.4, 0.5) is 9.52 Å². The number of anilines is 1. The fourth-order valence-electron chi connectivity index (χ4n) is 4.28. The number of aromatic nitrogens is 1. The Kier molecular flexibility index (Phi) is 7.03. The molecule has 34 heavy (non-hydrogen) atoms. The van der Waals surface area contributed by atoms with E-state index < -0.39 is 0 Å². The van der Waals surface area contributed by atoms with E-state index in [1.807, 2.05) is 17.5 Å². The van der Waals surface area contributed by atoms with Crippen LogP contribution in [0.1, 0.15) is 36.4 Å². The van der Waals surface area contributed by atoms with Crippen molar-refractivity contribution < 1.29 is 23.4 Å². The zero-order chi connectivity index (χ0) is 23.3. The van der Waals surface area contributed by atoms with Gasteiger partial charge in [-0.15, -0.1) is 11.3 Å². The van der Waals surface area contributed by atoms with E-state index in [2.05, 4.69) is 15.6 Å². The van der Waals surface area contributed by atoms with Gasteiger partial charge in [0.1, 0.15) is 18.2 Å². The lowest BCUT2D eigenvalue weighted by Crippen LogP contribution is -2.32. The number of carbonyl (C=O) groups is 1. The summed E-state index contributed by atoms with van der Waals surface area (Å²) in [4.78, 5) is 16.7. The summed E-state index contributed by atoms with van der Waals surface area (Å²) in [6.45, 7) is 1.93. The molecule has 7 nitrogen and oxygen atoms in total. The SMILES string of the molecule is O=C(C[C@H]1NCCc2cc(OCC3CCCO3)c(Oc3cccc(F)c3)cc21)Nc1nccs1. The summed E-state index contributed by atoms with van der Waals surface area (Å²) in [6.07, 6.45) is 4.76. The summed E-state index contributed by atoms with van der Waals surface area (Å²) in [5, 5.41) is 8.66. The Morgan fingerprint density at radius 3 is 3.03 bits per heavy atom. The fraction of sp³-hybridized carbons (Fsp3) is 0.360. The topological polar surface area (TPSA) is 81.7 Å². The van der Waals surface area contributed by atoms with Crippen molar-refractivity contribution in [2.24, 2.45) is 0 Å². The lowest BCUT2D eigenvalue weighted by molar-refractivity contribution is -0.116. The molecule has 1 saturated heterocycles. The first-order chi connectivity index (χ1) is 16.6. The van der Waals surface area contributed by atoms with Crippen molar-refractivity contribution in [3.05, 3.63) is 64.9 Å². The Morgan fingerprint density at radius 1 is 1.29 bits per heavy atom. The molecule has 0 spiro atoms. The second-order valence-corrected chi connectivity index (χ2v) is 9.24. The second-order valence-electron chi connectivity index (χ2n) is 8.35. The second kappa shape index (κ2) is 10.5. The Bertz CT molecular complexity index is 1140. The van der Waals surface area contributed by atoms with Gasteiger partial charge < -0.3 is 24.8 Å². The average molecular weight is 484 g/mol. The number of nitrogens with one attached hydrogen (secondary N) is 2. The molecule has 9 heteroatoms. The van der Waals surface area contributed by atoms with Crippen molar-refractivity contribution in [2.45, 2.75) is 37.8 Å². The molecule has 0 bridgehead atoms. The highest BCUT2D eigenvalue weighted by atomic mass is 32.1. The number of carbonyl (C=O) groups excluding carboxylic acids is 1. The maximum absolute atomic E-state index is 13.8. The third kappa shape index (κ3) is 5.55. The van der Waals surface area contributed by atoms with Gasteiger partial charge in [0.25, 0.3) is 0 Å². The van der Waals surface area contributed by atoms with Gasteiger partial charge in [-0.2, -0.15) is 0 Å². The molecule has 2 aliphatic rings. The minimum Gasteiger partial charge on any atom is -0.487 e. The molecular formula is C25H26FN3O4S. The number of amides is 1. The van der Waals surface area contributed by atoms with Crippen molar-refractivity contribution in [3.63, 3.8) is 0 Å². The standard InChI is InChI=1S/C25H26FN3O4S/c26-17-3-1-4-18(12-17)33-23-13-20-16(11-22(23)32-15-19-5-2-9-31-19)6-7-27-21(20)14-24(30)29-25-28-8-10-34-25/h1,3-4,8,10-13,19,21,27H,2,5-7,9,14-15H2,(H,28,29,30)/t19?,21-/m1/s1.